The molecule has 94 valence electrons. The normalized spacial score (nSPS) is 11.1. The predicted octanol–water partition coefficient (Wildman–Crippen LogP) is 2.37. The topological polar surface area (TPSA) is 63.2 Å². The van der Waals surface area contributed by atoms with E-state index in [4.69, 9.17) is 4.74 Å². The van der Waals surface area contributed by atoms with E-state index in [1.54, 1.807) is 12.4 Å². The molecule has 0 radical (unpaired) electrons. The largest absolute Gasteiger partial charge is 0.443 e. The van der Waals surface area contributed by atoms with E-state index in [0.717, 1.165) is 10.0 Å². The molecule has 0 unspecified atom stereocenters. The van der Waals surface area contributed by atoms with Crippen molar-refractivity contribution >= 4 is 22.0 Å². The fourth-order valence-corrected chi connectivity index (χ4v) is 1.49. The van der Waals surface area contributed by atoms with E-state index < -0.39 is 11.7 Å². The zero-order valence-corrected chi connectivity index (χ0v) is 11.7. The van der Waals surface area contributed by atoms with Gasteiger partial charge in [0.15, 0.2) is 0 Å². The van der Waals surface area contributed by atoms with Gasteiger partial charge in [-0.15, -0.1) is 0 Å². The van der Waals surface area contributed by atoms with Crippen molar-refractivity contribution < 1.29 is 9.53 Å². The number of ether oxygens (including phenoxy) is 1. The van der Waals surface area contributed by atoms with Crippen LogP contribution in [0.2, 0.25) is 0 Å². The standard InChI is InChI=1S/C11H16BrN3O2/c1-11(2,3)17-10(16)15-14-6-8-4-9(12)7-13-5-8/h4-5,7,14H,6H2,1-3H3,(H,15,16). The Morgan fingerprint density at radius 1 is 1.47 bits per heavy atom. The summed E-state index contributed by atoms with van der Waals surface area (Å²) < 4.78 is 5.96. The van der Waals surface area contributed by atoms with Crippen LogP contribution in [0.5, 0.6) is 0 Å². The van der Waals surface area contributed by atoms with E-state index in [1.165, 1.54) is 0 Å². The van der Waals surface area contributed by atoms with Crippen molar-refractivity contribution in [2.75, 3.05) is 0 Å². The van der Waals surface area contributed by atoms with Gasteiger partial charge in [-0.05, 0) is 48.3 Å². The minimum Gasteiger partial charge on any atom is -0.443 e. The van der Waals surface area contributed by atoms with Gasteiger partial charge in [0, 0.05) is 23.4 Å². The Morgan fingerprint density at radius 2 is 2.18 bits per heavy atom. The summed E-state index contributed by atoms with van der Waals surface area (Å²) >= 11 is 3.32. The summed E-state index contributed by atoms with van der Waals surface area (Å²) in [5.41, 5.74) is 5.68. The molecule has 0 aliphatic carbocycles. The number of nitrogens with zero attached hydrogens (tertiary/aromatic N) is 1. The lowest BCUT2D eigenvalue weighted by Gasteiger charge is -2.19. The molecule has 0 aromatic carbocycles. The second kappa shape index (κ2) is 5.97. The highest BCUT2D eigenvalue weighted by molar-refractivity contribution is 9.10. The van der Waals surface area contributed by atoms with Gasteiger partial charge in [0.25, 0.3) is 0 Å². The van der Waals surface area contributed by atoms with Crippen LogP contribution in [0.1, 0.15) is 26.3 Å². The summed E-state index contributed by atoms with van der Waals surface area (Å²) in [6.07, 6.45) is 2.92. The van der Waals surface area contributed by atoms with Gasteiger partial charge in [0.05, 0.1) is 0 Å². The van der Waals surface area contributed by atoms with Gasteiger partial charge in [0.1, 0.15) is 5.60 Å². The first kappa shape index (κ1) is 13.9. The summed E-state index contributed by atoms with van der Waals surface area (Å²) in [7, 11) is 0. The van der Waals surface area contributed by atoms with Crippen LogP contribution in [0.25, 0.3) is 0 Å². The number of hydrogen-bond acceptors (Lipinski definition) is 4. The highest BCUT2D eigenvalue weighted by atomic mass is 79.9. The van der Waals surface area contributed by atoms with E-state index >= 15 is 0 Å². The number of pyridine rings is 1. The molecular weight excluding hydrogens is 286 g/mol. The van der Waals surface area contributed by atoms with E-state index in [1.807, 2.05) is 26.8 Å². The first-order valence-corrected chi connectivity index (χ1v) is 5.97. The predicted molar refractivity (Wildman–Crippen MR) is 68.1 cm³/mol. The third-order valence-electron chi connectivity index (χ3n) is 1.64. The van der Waals surface area contributed by atoms with Crippen LogP contribution >= 0.6 is 15.9 Å². The molecule has 0 fully saturated rings. The maximum Gasteiger partial charge on any atom is 0.422 e. The molecule has 0 aliphatic heterocycles. The van der Waals surface area contributed by atoms with Crippen LogP contribution in [0, 0.1) is 0 Å². The van der Waals surface area contributed by atoms with Crippen LogP contribution in [0.3, 0.4) is 0 Å². The highest BCUT2D eigenvalue weighted by Gasteiger charge is 2.15. The van der Waals surface area contributed by atoms with Crippen LogP contribution in [-0.2, 0) is 11.3 Å². The molecule has 1 aromatic rings. The average molecular weight is 302 g/mol. The summed E-state index contributed by atoms with van der Waals surface area (Å²) in [5, 5.41) is 0. The van der Waals surface area contributed by atoms with Crippen molar-refractivity contribution in [1.82, 2.24) is 15.8 Å². The molecule has 6 heteroatoms. The molecule has 0 atom stereocenters. The molecule has 1 heterocycles. The number of carbonyl (C=O) groups excluding carboxylic acids is 1. The summed E-state index contributed by atoms with van der Waals surface area (Å²) in [4.78, 5) is 15.3. The monoisotopic (exact) mass is 301 g/mol. The molecule has 0 aliphatic rings. The maximum absolute atomic E-state index is 11.3. The third-order valence-corrected chi connectivity index (χ3v) is 2.08. The zero-order chi connectivity index (χ0) is 12.9. The molecule has 17 heavy (non-hydrogen) atoms. The smallest absolute Gasteiger partial charge is 0.422 e. The Bertz CT molecular complexity index is 391. The number of carbonyl (C=O) groups is 1. The number of halogens is 1. The average Bonchev–Trinajstić information content (AvgIpc) is 2.14. The second-order valence-electron chi connectivity index (χ2n) is 4.49. The Hall–Kier alpha value is -1.14. The molecule has 0 saturated carbocycles. The Morgan fingerprint density at radius 3 is 2.76 bits per heavy atom. The van der Waals surface area contributed by atoms with E-state index in [9.17, 15) is 4.79 Å². The van der Waals surface area contributed by atoms with E-state index in [-0.39, 0.29) is 0 Å². The Balaban J connectivity index is 2.31. The van der Waals surface area contributed by atoms with Crippen molar-refractivity contribution in [1.29, 1.82) is 0 Å². The van der Waals surface area contributed by atoms with Crippen LogP contribution < -0.4 is 10.9 Å². The summed E-state index contributed by atoms with van der Waals surface area (Å²) in [6.45, 7) is 5.91. The Kier molecular flexibility index (Phi) is 4.89. The van der Waals surface area contributed by atoms with Gasteiger partial charge >= 0.3 is 6.09 Å². The fraction of sp³-hybridized carbons (Fsp3) is 0.455. The van der Waals surface area contributed by atoms with Crippen molar-refractivity contribution in [2.24, 2.45) is 0 Å². The first-order valence-electron chi connectivity index (χ1n) is 5.18. The van der Waals surface area contributed by atoms with E-state index in [0.29, 0.717) is 6.54 Å². The molecule has 2 N–H and O–H groups in total. The van der Waals surface area contributed by atoms with Gasteiger partial charge < -0.3 is 4.74 Å². The second-order valence-corrected chi connectivity index (χ2v) is 5.41. The molecule has 0 saturated heterocycles. The number of amides is 1. The number of hydrogen-bond donors (Lipinski definition) is 2. The van der Waals surface area contributed by atoms with Crippen molar-refractivity contribution in [3.63, 3.8) is 0 Å². The summed E-state index contributed by atoms with van der Waals surface area (Å²) in [5.74, 6) is 0. The molecule has 5 nitrogen and oxygen atoms in total. The molecule has 1 amide bonds. The van der Waals surface area contributed by atoms with Crippen molar-refractivity contribution in [2.45, 2.75) is 32.9 Å². The molecule has 1 rings (SSSR count). The highest BCUT2D eigenvalue weighted by Crippen LogP contribution is 2.09. The SMILES string of the molecule is CC(C)(C)OC(=O)NNCc1cncc(Br)c1. The van der Waals surface area contributed by atoms with Crippen molar-refractivity contribution in [3.8, 4) is 0 Å². The molecule has 0 spiro atoms. The van der Waals surface area contributed by atoms with Gasteiger partial charge in [-0.1, -0.05) is 0 Å². The lowest BCUT2D eigenvalue weighted by Crippen LogP contribution is -2.40. The minimum absolute atomic E-state index is 0.478. The molecule has 0 bridgehead atoms. The number of hydrazine groups is 1. The number of nitrogens with one attached hydrogen (secondary N) is 2. The van der Waals surface area contributed by atoms with Gasteiger partial charge in [-0.25, -0.2) is 10.2 Å². The van der Waals surface area contributed by atoms with Crippen LogP contribution in [0.15, 0.2) is 22.9 Å². The fourth-order valence-electron chi connectivity index (χ4n) is 1.07. The van der Waals surface area contributed by atoms with Gasteiger partial charge in [0.2, 0.25) is 0 Å². The van der Waals surface area contributed by atoms with Crippen molar-refractivity contribution in [3.05, 3.63) is 28.5 Å². The first-order chi connectivity index (χ1) is 7.87. The lowest BCUT2D eigenvalue weighted by atomic mass is 10.2. The lowest BCUT2D eigenvalue weighted by molar-refractivity contribution is 0.0497. The summed E-state index contributed by atoms with van der Waals surface area (Å²) in [6, 6.07) is 1.91. The minimum atomic E-state index is -0.500. The van der Waals surface area contributed by atoms with E-state index in [2.05, 4.69) is 31.8 Å². The molecule has 1 aromatic heterocycles. The molecular formula is C11H16BrN3O2. The Labute approximate surface area is 109 Å². The van der Waals surface area contributed by atoms with Crippen LogP contribution in [-0.4, -0.2) is 16.7 Å². The quantitative estimate of drug-likeness (QED) is 0.842. The van der Waals surface area contributed by atoms with Crippen LogP contribution in [0.4, 0.5) is 4.79 Å². The zero-order valence-electron chi connectivity index (χ0n) is 10.1. The number of rotatable bonds is 3. The number of aromatic nitrogens is 1. The van der Waals surface area contributed by atoms with Gasteiger partial charge in [-0.2, -0.15) is 0 Å². The van der Waals surface area contributed by atoms with Gasteiger partial charge in [-0.3, -0.25) is 10.4 Å². The maximum atomic E-state index is 11.3. The third kappa shape index (κ3) is 6.23.